The molecule has 11 heteroatoms. The molecule has 0 saturated heterocycles. The summed E-state index contributed by atoms with van der Waals surface area (Å²) in [6.07, 6.45) is -2.85. The van der Waals surface area contributed by atoms with Gasteiger partial charge in [0.05, 0.1) is 29.8 Å². The number of hydrogen-bond donors (Lipinski definition) is 3. The van der Waals surface area contributed by atoms with Crippen LogP contribution in [0.1, 0.15) is 16.7 Å². The van der Waals surface area contributed by atoms with E-state index in [0.29, 0.717) is 22.5 Å². The van der Waals surface area contributed by atoms with Crippen LogP contribution < -0.4 is 14.9 Å². The molecule has 3 N–H and O–H groups in total. The van der Waals surface area contributed by atoms with E-state index in [9.17, 15) is 21.6 Å². The third-order valence-electron chi connectivity index (χ3n) is 4.92. The Kier molecular flexibility index (Phi) is 7.13. The van der Waals surface area contributed by atoms with Crippen molar-refractivity contribution in [3.8, 4) is 0 Å². The largest absolute Gasteiger partial charge is 0.419 e. The molecule has 0 aliphatic carbocycles. The first-order chi connectivity index (χ1) is 15.5. The van der Waals surface area contributed by atoms with E-state index in [1.165, 1.54) is 13.1 Å². The highest BCUT2D eigenvalue weighted by Gasteiger charge is 2.34. The van der Waals surface area contributed by atoms with E-state index in [0.717, 1.165) is 16.8 Å². The zero-order chi connectivity index (χ0) is 24.2. The molecule has 2 aromatic carbocycles. The summed E-state index contributed by atoms with van der Waals surface area (Å²) in [5.41, 5.74) is 0.995. The van der Waals surface area contributed by atoms with Crippen LogP contribution in [0, 0.1) is 0 Å². The molecule has 1 heterocycles. The van der Waals surface area contributed by atoms with Gasteiger partial charge in [-0.3, -0.25) is 4.31 Å². The average Bonchev–Trinajstić information content (AvgIpc) is 2.76. The molecule has 0 radical (unpaired) electrons. The van der Waals surface area contributed by atoms with Crippen LogP contribution in [0.15, 0.2) is 60.8 Å². The number of sulfonamides is 1. The van der Waals surface area contributed by atoms with E-state index < -0.39 is 21.8 Å². The predicted octanol–water partition coefficient (Wildman–Crippen LogP) is 4.34. The summed E-state index contributed by atoms with van der Waals surface area (Å²) in [6, 6.07) is 14.5. The van der Waals surface area contributed by atoms with Crippen LogP contribution in [0.4, 0.5) is 36.1 Å². The van der Waals surface area contributed by atoms with Gasteiger partial charge in [-0.2, -0.15) is 13.2 Å². The molecule has 0 amide bonds. The number of nitrogens with one attached hydrogen (secondary N) is 2. The standard InChI is InChI=1S/C22H23F3N4O3S/c1-29(33(2,31)32)20-6-4-3-5-16(20)12-26-19-11-21(27-13-18(19)22(23,24)25)28-17-9-7-15(14-30)8-10-17/h3-11,13,30H,12,14H2,1-2H3,(H2,26,27,28). The molecular formula is C22H23F3N4O3S. The second kappa shape index (κ2) is 9.67. The quantitative estimate of drug-likeness (QED) is 0.444. The van der Waals surface area contributed by atoms with Gasteiger partial charge >= 0.3 is 6.18 Å². The van der Waals surface area contributed by atoms with Gasteiger partial charge in [0.2, 0.25) is 10.0 Å². The maximum Gasteiger partial charge on any atom is 0.419 e. The second-order valence-electron chi connectivity index (χ2n) is 7.31. The lowest BCUT2D eigenvalue weighted by Gasteiger charge is -2.21. The number of pyridine rings is 1. The van der Waals surface area contributed by atoms with Crippen LogP contribution in [0.3, 0.4) is 0 Å². The number of alkyl halides is 3. The maximum absolute atomic E-state index is 13.6. The van der Waals surface area contributed by atoms with E-state index in [2.05, 4.69) is 15.6 Å². The van der Waals surface area contributed by atoms with Crippen LogP contribution in [-0.2, 0) is 29.4 Å². The number of halogens is 3. The molecule has 3 aromatic rings. The minimum atomic E-state index is -4.64. The van der Waals surface area contributed by atoms with Crippen molar-refractivity contribution in [3.63, 3.8) is 0 Å². The minimum absolute atomic E-state index is 0.0479. The number of nitrogens with zero attached hydrogens (tertiary/aromatic N) is 2. The van der Waals surface area contributed by atoms with E-state index in [1.54, 1.807) is 48.5 Å². The van der Waals surface area contributed by atoms with Gasteiger partial charge in [-0.1, -0.05) is 30.3 Å². The van der Waals surface area contributed by atoms with Crippen molar-refractivity contribution in [1.82, 2.24) is 4.98 Å². The highest BCUT2D eigenvalue weighted by molar-refractivity contribution is 7.92. The van der Waals surface area contributed by atoms with Crippen LogP contribution in [0.25, 0.3) is 0 Å². The number of aliphatic hydroxyl groups excluding tert-OH is 1. The fourth-order valence-corrected chi connectivity index (χ4v) is 3.61. The Morgan fingerprint density at radius 3 is 2.36 bits per heavy atom. The Labute approximate surface area is 190 Å². The van der Waals surface area contributed by atoms with Gasteiger partial charge in [0.1, 0.15) is 5.82 Å². The maximum atomic E-state index is 13.6. The molecule has 0 unspecified atom stereocenters. The zero-order valence-corrected chi connectivity index (χ0v) is 18.7. The normalized spacial score (nSPS) is 11.8. The summed E-state index contributed by atoms with van der Waals surface area (Å²) in [5, 5.41) is 14.8. The molecule has 1 aromatic heterocycles. The van der Waals surface area contributed by atoms with Crippen molar-refractivity contribution >= 4 is 32.9 Å². The van der Waals surface area contributed by atoms with E-state index in [4.69, 9.17) is 5.11 Å². The molecule has 0 aliphatic rings. The Morgan fingerprint density at radius 2 is 1.76 bits per heavy atom. The van der Waals surface area contributed by atoms with Crippen molar-refractivity contribution in [2.24, 2.45) is 0 Å². The van der Waals surface area contributed by atoms with Gasteiger partial charge in [-0.15, -0.1) is 0 Å². The first-order valence-corrected chi connectivity index (χ1v) is 11.6. The molecular weight excluding hydrogens is 457 g/mol. The molecule has 0 bridgehead atoms. The van der Waals surface area contributed by atoms with E-state index >= 15 is 0 Å². The van der Waals surface area contributed by atoms with Crippen molar-refractivity contribution in [3.05, 3.63) is 77.5 Å². The molecule has 0 aliphatic heterocycles. The van der Waals surface area contributed by atoms with Gasteiger partial charge in [-0.05, 0) is 29.3 Å². The fourth-order valence-electron chi connectivity index (χ4n) is 3.07. The topological polar surface area (TPSA) is 94.6 Å². The molecule has 0 saturated carbocycles. The number of aliphatic hydroxyl groups is 1. The van der Waals surface area contributed by atoms with Gasteiger partial charge in [0.25, 0.3) is 0 Å². The van der Waals surface area contributed by atoms with Crippen LogP contribution >= 0.6 is 0 Å². The van der Waals surface area contributed by atoms with Crippen LogP contribution in [-0.4, -0.2) is 31.8 Å². The molecule has 176 valence electrons. The first kappa shape index (κ1) is 24.3. The summed E-state index contributed by atoms with van der Waals surface area (Å²) >= 11 is 0. The van der Waals surface area contributed by atoms with Crippen molar-refractivity contribution in [2.75, 3.05) is 28.2 Å². The first-order valence-electron chi connectivity index (χ1n) is 9.79. The minimum Gasteiger partial charge on any atom is -0.392 e. The SMILES string of the molecule is CN(c1ccccc1CNc1cc(Nc2ccc(CO)cc2)ncc1C(F)(F)F)S(C)(=O)=O. The number of para-hydroxylation sites is 1. The Balaban J connectivity index is 1.89. The second-order valence-corrected chi connectivity index (χ2v) is 9.32. The highest BCUT2D eigenvalue weighted by atomic mass is 32.2. The summed E-state index contributed by atoms with van der Waals surface area (Å²) in [4.78, 5) is 3.87. The summed E-state index contributed by atoms with van der Waals surface area (Å²) < 4.78 is 65.6. The Morgan fingerprint density at radius 1 is 1.09 bits per heavy atom. The Hall–Kier alpha value is -3.31. The van der Waals surface area contributed by atoms with Gasteiger partial charge in [0, 0.05) is 31.5 Å². The lowest BCUT2D eigenvalue weighted by Crippen LogP contribution is -2.26. The smallest absolute Gasteiger partial charge is 0.392 e. The van der Waals surface area contributed by atoms with Crippen molar-refractivity contribution < 1.29 is 26.7 Å². The Bertz CT molecular complexity index is 1220. The molecule has 7 nitrogen and oxygen atoms in total. The summed E-state index contributed by atoms with van der Waals surface area (Å²) in [7, 11) is -2.17. The van der Waals surface area contributed by atoms with Crippen molar-refractivity contribution in [1.29, 1.82) is 0 Å². The summed E-state index contributed by atoms with van der Waals surface area (Å²) in [5.74, 6) is 0.184. The third-order valence-corrected chi connectivity index (χ3v) is 6.11. The molecule has 0 fully saturated rings. The van der Waals surface area contributed by atoms with Gasteiger partial charge in [-0.25, -0.2) is 13.4 Å². The van der Waals surface area contributed by atoms with Gasteiger partial charge < -0.3 is 15.7 Å². The molecule has 3 rings (SSSR count). The molecule has 0 atom stereocenters. The lowest BCUT2D eigenvalue weighted by molar-refractivity contribution is -0.137. The number of rotatable bonds is 8. The summed E-state index contributed by atoms with van der Waals surface area (Å²) in [6.45, 7) is -0.170. The number of anilines is 4. The van der Waals surface area contributed by atoms with E-state index in [1.807, 2.05) is 0 Å². The number of benzene rings is 2. The lowest BCUT2D eigenvalue weighted by atomic mass is 10.1. The van der Waals surface area contributed by atoms with Crippen molar-refractivity contribution in [2.45, 2.75) is 19.3 Å². The molecule has 33 heavy (non-hydrogen) atoms. The number of hydrogen-bond acceptors (Lipinski definition) is 6. The number of aromatic nitrogens is 1. The van der Waals surface area contributed by atoms with Crippen LogP contribution in [0.2, 0.25) is 0 Å². The molecule has 0 spiro atoms. The fraction of sp³-hybridized carbons (Fsp3) is 0.227. The monoisotopic (exact) mass is 480 g/mol. The zero-order valence-electron chi connectivity index (χ0n) is 17.9. The van der Waals surface area contributed by atoms with Gasteiger partial charge in [0.15, 0.2) is 0 Å². The highest BCUT2D eigenvalue weighted by Crippen LogP contribution is 2.36. The van der Waals surface area contributed by atoms with Crippen LogP contribution in [0.5, 0.6) is 0 Å². The predicted molar refractivity (Wildman–Crippen MR) is 122 cm³/mol. The average molecular weight is 481 g/mol. The van der Waals surface area contributed by atoms with E-state index in [-0.39, 0.29) is 24.7 Å². The third kappa shape index (κ3) is 6.14.